The Hall–Kier alpha value is -1.36. The second kappa shape index (κ2) is 9.72. The molecule has 3 rings (SSSR count). The molecule has 2 saturated heterocycles. The maximum Gasteiger partial charge on any atom is 0.306 e. The van der Waals surface area contributed by atoms with Crippen molar-refractivity contribution in [2.75, 3.05) is 6.61 Å². The molecular formula is C22H34O5. The van der Waals surface area contributed by atoms with Gasteiger partial charge in [0, 0.05) is 19.4 Å². The molecule has 6 atom stereocenters. The molecule has 0 aromatic rings. The number of unbranched alkanes of at least 4 members (excludes halogenated alkanes) is 2. The van der Waals surface area contributed by atoms with Gasteiger partial charge < -0.3 is 14.2 Å². The van der Waals surface area contributed by atoms with E-state index in [0.29, 0.717) is 12.3 Å². The van der Waals surface area contributed by atoms with Gasteiger partial charge in [-0.15, -0.1) is 0 Å². The van der Waals surface area contributed by atoms with Gasteiger partial charge in [0.2, 0.25) is 0 Å². The number of ether oxygens (including phenoxy) is 3. The first-order chi connectivity index (χ1) is 13.1. The van der Waals surface area contributed by atoms with Gasteiger partial charge in [-0.25, -0.2) is 0 Å². The van der Waals surface area contributed by atoms with Crippen molar-refractivity contribution < 1.29 is 23.8 Å². The highest BCUT2D eigenvalue weighted by Crippen LogP contribution is 2.48. The highest BCUT2D eigenvalue weighted by molar-refractivity contribution is 5.72. The van der Waals surface area contributed by atoms with Gasteiger partial charge in [-0.1, -0.05) is 25.8 Å². The van der Waals surface area contributed by atoms with Crippen molar-refractivity contribution >= 4 is 11.9 Å². The van der Waals surface area contributed by atoms with Crippen LogP contribution in [0.2, 0.25) is 0 Å². The van der Waals surface area contributed by atoms with Crippen LogP contribution in [0.4, 0.5) is 0 Å². The highest BCUT2D eigenvalue weighted by Gasteiger charge is 2.51. The molecule has 3 aliphatic rings. The van der Waals surface area contributed by atoms with E-state index in [1.165, 1.54) is 13.3 Å². The molecule has 0 N–H and O–H groups in total. The third-order valence-electron chi connectivity index (χ3n) is 6.31. The fraction of sp³-hybridized carbons (Fsp3) is 0.818. The minimum absolute atomic E-state index is 0.0231. The molecule has 2 aliphatic heterocycles. The number of esters is 2. The Morgan fingerprint density at radius 1 is 1.26 bits per heavy atom. The lowest BCUT2D eigenvalue weighted by Crippen LogP contribution is -2.31. The number of allylic oxidation sites excluding steroid dienone is 1. The van der Waals surface area contributed by atoms with Crippen molar-refractivity contribution in [3.05, 3.63) is 12.2 Å². The van der Waals surface area contributed by atoms with Crippen LogP contribution in [0.5, 0.6) is 0 Å². The zero-order valence-electron chi connectivity index (χ0n) is 16.7. The minimum Gasteiger partial charge on any atom is -0.462 e. The van der Waals surface area contributed by atoms with E-state index < -0.39 is 0 Å². The number of carbonyl (C=O) groups is 2. The van der Waals surface area contributed by atoms with Gasteiger partial charge in [-0.05, 0) is 56.4 Å². The molecule has 2 heterocycles. The van der Waals surface area contributed by atoms with Gasteiger partial charge in [-0.2, -0.15) is 0 Å². The number of rotatable bonds is 8. The van der Waals surface area contributed by atoms with Gasteiger partial charge in [0.25, 0.3) is 0 Å². The smallest absolute Gasteiger partial charge is 0.306 e. The molecule has 5 nitrogen and oxygen atoms in total. The topological polar surface area (TPSA) is 61.8 Å². The summed E-state index contributed by atoms with van der Waals surface area (Å²) in [6.07, 6.45) is 13.4. The van der Waals surface area contributed by atoms with Crippen molar-refractivity contribution in [1.82, 2.24) is 0 Å². The summed E-state index contributed by atoms with van der Waals surface area (Å²) in [6, 6.07) is 0. The van der Waals surface area contributed by atoms with E-state index in [9.17, 15) is 9.59 Å². The Morgan fingerprint density at radius 3 is 2.81 bits per heavy atom. The van der Waals surface area contributed by atoms with Gasteiger partial charge >= 0.3 is 11.9 Å². The lowest BCUT2D eigenvalue weighted by molar-refractivity contribution is -0.144. The van der Waals surface area contributed by atoms with Gasteiger partial charge in [0.1, 0.15) is 12.2 Å². The van der Waals surface area contributed by atoms with Crippen molar-refractivity contribution in [2.24, 2.45) is 17.8 Å². The number of fused-ring (bicyclic) bond motifs is 1. The summed E-state index contributed by atoms with van der Waals surface area (Å²) >= 11 is 0. The van der Waals surface area contributed by atoms with Crippen LogP contribution in [-0.4, -0.2) is 36.9 Å². The summed E-state index contributed by atoms with van der Waals surface area (Å²) in [5.74, 6) is 0.563. The third kappa shape index (κ3) is 5.34. The fourth-order valence-electron chi connectivity index (χ4n) is 5.02. The summed E-state index contributed by atoms with van der Waals surface area (Å²) in [4.78, 5) is 23.3. The summed E-state index contributed by atoms with van der Waals surface area (Å²) < 4.78 is 17.2. The normalized spacial score (nSPS) is 34.4. The summed E-state index contributed by atoms with van der Waals surface area (Å²) in [5, 5.41) is 0. The fourth-order valence-corrected chi connectivity index (χ4v) is 5.02. The van der Waals surface area contributed by atoms with E-state index in [1.54, 1.807) is 0 Å². The predicted molar refractivity (Wildman–Crippen MR) is 102 cm³/mol. The molecular weight excluding hydrogens is 344 g/mol. The lowest BCUT2D eigenvalue weighted by atomic mass is 9.82. The molecule has 0 amide bonds. The first-order valence-corrected chi connectivity index (χ1v) is 10.7. The Balaban J connectivity index is 1.70. The largest absolute Gasteiger partial charge is 0.462 e. The van der Waals surface area contributed by atoms with Gasteiger partial charge in [-0.3, -0.25) is 9.59 Å². The monoisotopic (exact) mass is 378 g/mol. The molecule has 27 heavy (non-hydrogen) atoms. The van der Waals surface area contributed by atoms with Crippen molar-refractivity contribution in [2.45, 2.75) is 89.9 Å². The summed E-state index contributed by atoms with van der Waals surface area (Å²) in [7, 11) is 0. The van der Waals surface area contributed by atoms with Crippen LogP contribution in [0.15, 0.2) is 12.2 Å². The molecule has 0 spiro atoms. The van der Waals surface area contributed by atoms with Crippen molar-refractivity contribution in [3.8, 4) is 0 Å². The van der Waals surface area contributed by atoms with E-state index in [4.69, 9.17) is 14.2 Å². The molecule has 0 bridgehead atoms. The molecule has 1 saturated carbocycles. The van der Waals surface area contributed by atoms with Crippen LogP contribution >= 0.6 is 0 Å². The minimum atomic E-state index is -0.239. The van der Waals surface area contributed by atoms with Crippen molar-refractivity contribution in [1.29, 1.82) is 0 Å². The van der Waals surface area contributed by atoms with E-state index in [2.05, 4.69) is 19.1 Å². The zero-order valence-corrected chi connectivity index (χ0v) is 16.7. The SMILES string of the molecule is CCCCC[C@H](/C=C/[C@H]1[C@H]2CC(=O)O[C@H]2C[C@H]1C1CCCCO1)OC(C)=O. The molecule has 1 unspecified atom stereocenters. The van der Waals surface area contributed by atoms with Crippen LogP contribution in [0.3, 0.4) is 0 Å². The average molecular weight is 379 g/mol. The Kier molecular flexibility index (Phi) is 7.33. The molecule has 5 heteroatoms. The van der Waals surface area contributed by atoms with E-state index >= 15 is 0 Å². The molecule has 0 aromatic heterocycles. The van der Waals surface area contributed by atoms with Crippen molar-refractivity contribution in [3.63, 3.8) is 0 Å². The number of hydrogen-bond acceptors (Lipinski definition) is 5. The van der Waals surface area contributed by atoms with Crippen LogP contribution in [-0.2, 0) is 23.8 Å². The molecule has 152 valence electrons. The molecule has 0 aromatic carbocycles. The first-order valence-electron chi connectivity index (χ1n) is 10.7. The number of hydrogen-bond donors (Lipinski definition) is 0. The Bertz CT molecular complexity index is 537. The molecule has 0 radical (unpaired) electrons. The third-order valence-corrected chi connectivity index (χ3v) is 6.31. The maximum atomic E-state index is 11.8. The van der Waals surface area contributed by atoms with Crippen LogP contribution in [0.25, 0.3) is 0 Å². The van der Waals surface area contributed by atoms with E-state index in [1.807, 2.05) is 0 Å². The predicted octanol–water partition coefficient (Wildman–Crippen LogP) is 4.19. The van der Waals surface area contributed by atoms with E-state index in [-0.39, 0.29) is 42.1 Å². The first kappa shape index (κ1) is 20.4. The number of carbonyl (C=O) groups excluding carboxylic acids is 2. The molecule has 3 fully saturated rings. The van der Waals surface area contributed by atoms with Crippen LogP contribution in [0, 0.1) is 17.8 Å². The standard InChI is InChI=1S/C22H34O5/c1-3-4-5-8-16(26-15(2)23)10-11-17-18(20-9-6-7-12-25-20)13-21-19(17)14-22(24)27-21/h10-11,16-21H,3-9,12-14H2,1-2H3/b11-10+/t16-,17-,18-,19-,20?,21+/m1/s1. The van der Waals surface area contributed by atoms with Crippen LogP contribution < -0.4 is 0 Å². The Morgan fingerprint density at radius 2 is 2.11 bits per heavy atom. The highest BCUT2D eigenvalue weighted by atomic mass is 16.6. The average Bonchev–Trinajstić information content (AvgIpc) is 3.16. The quantitative estimate of drug-likeness (QED) is 0.360. The van der Waals surface area contributed by atoms with E-state index in [0.717, 1.165) is 51.6 Å². The second-order valence-corrected chi connectivity index (χ2v) is 8.31. The second-order valence-electron chi connectivity index (χ2n) is 8.31. The van der Waals surface area contributed by atoms with Gasteiger partial charge in [0.05, 0.1) is 12.5 Å². The lowest BCUT2D eigenvalue weighted by Gasteiger charge is -2.32. The van der Waals surface area contributed by atoms with Gasteiger partial charge in [0.15, 0.2) is 0 Å². The summed E-state index contributed by atoms with van der Waals surface area (Å²) in [5.41, 5.74) is 0. The zero-order chi connectivity index (χ0) is 19.2. The summed E-state index contributed by atoms with van der Waals surface area (Å²) in [6.45, 7) is 4.47. The molecule has 1 aliphatic carbocycles. The maximum absolute atomic E-state index is 11.8. The van der Waals surface area contributed by atoms with Crippen LogP contribution in [0.1, 0.15) is 71.6 Å². The Labute approximate surface area is 162 Å².